The van der Waals surface area contributed by atoms with Gasteiger partial charge in [0.2, 0.25) is 0 Å². The lowest BCUT2D eigenvalue weighted by Gasteiger charge is -2.02. The van der Waals surface area contributed by atoms with Gasteiger partial charge in [0, 0.05) is 18.2 Å². The average molecular weight is 238 g/mol. The standard InChI is InChI=1S/C11H14N2O2S/c1-3-6-13-11-7-10(16(2,14)15)5-4-9(11)8-12-13/h4-5,7-8H,3,6H2,1-2H3. The molecule has 0 N–H and O–H groups in total. The topological polar surface area (TPSA) is 52.0 Å². The van der Waals surface area contributed by atoms with Crippen LogP contribution >= 0.6 is 0 Å². The minimum Gasteiger partial charge on any atom is -0.265 e. The Bertz CT molecular complexity index is 614. The van der Waals surface area contributed by atoms with Gasteiger partial charge in [-0.2, -0.15) is 5.10 Å². The van der Waals surface area contributed by atoms with Crippen molar-refractivity contribution in [1.29, 1.82) is 0 Å². The van der Waals surface area contributed by atoms with Crippen molar-refractivity contribution in [3.63, 3.8) is 0 Å². The van der Waals surface area contributed by atoms with E-state index in [1.807, 2.05) is 4.68 Å². The van der Waals surface area contributed by atoms with Gasteiger partial charge in [-0.05, 0) is 24.6 Å². The molecule has 2 aromatic rings. The molecule has 0 spiro atoms. The van der Waals surface area contributed by atoms with Crippen LogP contribution in [0.1, 0.15) is 13.3 Å². The Labute approximate surface area is 94.8 Å². The summed E-state index contributed by atoms with van der Waals surface area (Å²) in [7, 11) is -3.14. The Hall–Kier alpha value is -1.36. The third kappa shape index (κ3) is 1.95. The van der Waals surface area contributed by atoms with Gasteiger partial charge in [0.15, 0.2) is 9.84 Å². The number of benzene rings is 1. The molecule has 0 aliphatic rings. The zero-order chi connectivity index (χ0) is 11.8. The summed E-state index contributed by atoms with van der Waals surface area (Å²) in [6.45, 7) is 2.87. The summed E-state index contributed by atoms with van der Waals surface area (Å²) in [6.07, 6.45) is 3.95. The molecule has 1 aromatic carbocycles. The summed E-state index contributed by atoms with van der Waals surface area (Å²) >= 11 is 0. The lowest BCUT2D eigenvalue weighted by Crippen LogP contribution is -2.00. The molecule has 1 heterocycles. The molecule has 1 aromatic heterocycles. The average Bonchev–Trinajstić information content (AvgIpc) is 2.60. The molecule has 0 atom stereocenters. The van der Waals surface area contributed by atoms with Gasteiger partial charge in [0.1, 0.15) is 0 Å². The quantitative estimate of drug-likeness (QED) is 0.820. The van der Waals surface area contributed by atoms with Crippen LogP contribution in [0.5, 0.6) is 0 Å². The van der Waals surface area contributed by atoms with Gasteiger partial charge < -0.3 is 0 Å². The molecule has 5 heteroatoms. The van der Waals surface area contributed by atoms with E-state index in [2.05, 4.69) is 12.0 Å². The number of aryl methyl sites for hydroxylation is 1. The lowest BCUT2D eigenvalue weighted by atomic mass is 10.2. The van der Waals surface area contributed by atoms with E-state index in [1.54, 1.807) is 24.4 Å². The predicted octanol–water partition coefficient (Wildman–Crippen LogP) is 1.85. The Morgan fingerprint density at radius 3 is 2.75 bits per heavy atom. The van der Waals surface area contributed by atoms with Crippen LogP contribution in [0.3, 0.4) is 0 Å². The van der Waals surface area contributed by atoms with E-state index in [9.17, 15) is 8.42 Å². The molecule has 4 nitrogen and oxygen atoms in total. The van der Waals surface area contributed by atoms with Crippen LogP contribution in [0.2, 0.25) is 0 Å². The van der Waals surface area contributed by atoms with Gasteiger partial charge in [-0.1, -0.05) is 6.92 Å². The van der Waals surface area contributed by atoms with E-state index < -0.39 is 9.84 Å². The van der Waals surface area contributed by atoms with E-state index >= 15 is 0 Å². The van der Waals surface area contributed by atoms with Crippen LogP contribution in [-0.2, 0) is 16.4 Å². The van der Waals surface area contributed by atoms with Crippen molar-refractivity contribution >= 4 is 20.7 Å². The number of nitrogens with zero attached hydrogens (tertiary/aromatic N) is 2. The van der Waals surface area contributed by atoms with E-state index in [0.717, 1.165) is 23.9 Å². The predicted molar refractivity (Wildman–Crippen MR) is 63.1 cm³/mol. The number of rotatable bonds is 3. The lowest BCUT2D eigenvalue weighted by molar-refractivity contribution is 0.601. The molecule has 0 saturated carbocycles. The number of fused-ring (bicyclic) bond motifs is 1. The van der Waals surface area contributed by atoms with Crippen LogP contribution in [0.15, 0.2) is 29.3 Å². The molecule has 0 fully saturated rings. The fourth-order valence-electron chi connectivity index (χ4n) is 1.67. The summed E-state index contributed by atoms with van der Waals surface area (Å²) in [4.78, 5) is 0.345. The van der Waals surface area contributed by atoms with E-state index in [0.29, 0.717) is 4.90 Å². The maximum Gasteiger partial charge on any atom is 0.175 e. The van der Waals surface area contributed by atoms with Gasteiger partial charge in [-0.15, -0.1) is 0 Å². The normalized spacial score (nSPS) is 12.1. The molecule has 2 rings (SSSR count). The molecule has 0 aliphatic carbocycles. The molecule has 0 bridgehead atoms. The summed E-state index contributed by atoms with van der Waals surface area (Å²) < 4.78 is 24.7. The number of aromatic nitrogens is 2. The van der Waals surface area contributed by atoms with Gasteiger partial charge in [0.05, 0.1) is 16.6 Å². The fraction of sp³-hybridized carbons (Fsp3) is 0.364. The van der Waals surface area contributed by atoms with Crippen LogP contribution in [0.4, 0.5) is 0 Å². The maximum atomic E-state index is 11.4. The largest absolute Gasteiger partial charge is 0.265 e. The van der Waals surface area contributed by atoms with E-state index in [1.165, 1.54) is 6.26 Å². The van der Waals surface area contributed by atoms with Crippen molar-refractivity contribution in [2.24, 2.45) is 0 Å². The van der Waals surface area contributed by atoms with Crippen molar-refractivity contribution in [1.82, 2.24) is 9.78 Å². The molecular weight excluding hydrogens is 224 g/mol. The number of sulfone groups is 1. The summed E-state index contributed by atoms with van der Waals surface area (Å²) in [5, 5.41) is 5.20. The molecule has 0 amide bonds. The second-order valence-corrected chi connectivity index (χ2v) is 5.88. The number of hydrogen-bond donors (Lipinski definition) is 0. The van der Waals surface area contributed by atoms with Crippen molar-refractivity contribution in [3.8, 4) is 0 Å². The van der Waals surface area contributed by atoms with Crippen LogP contribution in [0.25, 0.3) is 10.9 Å². The molecular formula is C11H14N2O2S. The third-order valence-electron chi connectivity index (χ3n) is 2.48. The van der Waals surface area contributed by atoms with E-state index in [4.69, 9.17) is 0 Å². The first-order chi connectivity index (χ1) is 7.52. The highest BCUT2D eigenvalue weighted by Gasteiger charge is 2.09. The SMILES string of the molecule is CCCn1ncc2ccc(S(C)(=O)=O)cc21. The maximum absolute atomic E-state index is 11.4. The highest BCUT2D eigenvalue weighted by atomic mass is 32.2. The highest BCUT2D eigenvalue weighted by Crippen LogP contribution is 2.19. The minimum absolute atomic E-state index is 0.345. The van der Waals surface area contributed by atoms with Crippen LogP contribution in [0, 0.1) is 0 Å². The Morgan fingerprint density at radius 1 is 1.38 bits per heavy atom. The molecule has 0 unspecified atom stereocenters. The molecule has 0 radical (unpaired) electrons. The van der Waals surface area contributed by atoms with Crippen molar-refractivity contribution < 1.29 is 8.42 Å². The first kappa shape index (κ1) is 11.1. The first-order valence-corrected chi connectivity index (χ1v) is 7.07. The first-order valence-electron chi connectivity index (χ1n) is 5.18. The monoisotopic (exact) mass is 238 g/mol. The van der Waals surface area contributed by atoms with Gasteiger partial charge in [-0.25, -0.2) is 8.42 Å². The smallest absolute Gasteiger partial charge is 0.175 e. The molecule has 16 heavy (non-hydrogen) atoms. The highest BCUT2D eigenvalue weighted by molar-refractivity contribution is 7.90. The summed E-state index contributed by atoms with van der Waals surface area (Å²) in [6, 6.07) is 5.10. The molecule has 86 valence electrons. The van der Waals surface area contributed by atoms with Crippen LogP contribution < -0.4 is 0 Å². The van der Waals surface area contributed by atoms with Gasteiger partial charge >= 0.3 is 0 Å². The fourth-order valence-corrected chi connectivity index (χ4v) is 2.31. The van der Waals surface area contributed by atoms with Gasteiger partial charge in [0.25, 0.3) is 0 Å². The summed E-state index contributed by atoms with van der Waals surface area (Å²) in [5.74, 6) is 0. The summed E-state index contributed by atoms with van der Waals surface area (Å²) in [5.41, 5.74) is 0.879. The van der Waals surface area contributed by atoms with Crippen molar-refractivity contribution in [2.45, 2.75) is 24.8 Å². The second-order valence-electron chi connectivity index (χ2n) is 3.86. The van der Waals surface area contributed by atoms with Crippen LogP contribution in [-0.4, -0.2) is 24.5 Å². The Kier molecular flexibility index (Phi) is 2.71. The van der Waals surface area contributed by atoms with Crippen molar-refractivity contribution in [3.05, 3.63) is 24.4 Å². The zero-order valence-corrected chi connectivity index (χ0v) is 10.2. The minimum atomic E-state index is -3.14. The Morgan fingerprint density at radius 2 is 2.12 bits per heavy atom. The van der Waals surface area contributed by atoms with Gasteiger partial charge in [-0.3, -0.25) is 4.68 Å². The Balaban J connectivity index is 2.63. The second kappa shape index (κ2) is 3.90. The zero-order valence-electron chi connectivity index (χ0n) is 9.34. The van der Waals surface area contributed by atoms with Crippen molar-refractivity contribution in [2.75, 3.05) is 6.26 Å². The number of hydrogen-bond acceptors (Lipinski definition) is 3. The molecule has 0 aliphatic heterocycles. The molecule has 0 saturated heterocycles. The third-order valence-corrected chi connectivity index (χ3v) is 3.59. The van der Waals surface area contributed by atoms with E-state index in [-0.39, 0.29) is 0 Å².